The summed E-state index contributed by atoms with van der Waals surface area (Å²) < 4.78 is 5.28. The van der Waals surface area contributed by atoms with E-state index in [0.717, 1.165) is 6.42 Å². The van der Waals surface area contributed by atoms with Crippen LogP contribution >= 0.6 is 11.6 Å². The molecule has 110 valence electrons. The average Bonchev–Trinajstić information content (AvgIpc) is 2.44. The van der Waals surface area contributed by atoms with Crippen LogP contribution in [0.25, 0.3) is 0 Å². The highest BCUT2D eigenvalue weighted by Crippen LogP contribution is 2.15. The summed E-state index contributed by atoms with van der Waals surface area (Å²) in [4.78, 5) is 23.2. The number of ether oxygens (including phenoxy) is 1. The van der Waals surface area contributed by atoms with Gasteiger partial charge in [-0.1, -0.05) is 18.5 Å². The van der Waals surface area contributed by atoms with Crippen molar-refractivity contribution < 1.29 is 14.3 Å². The van der Waals surface area contributed by atoms with Crippen molar-refractivity contribution in [3.8, 4) is 5.75 Å². The van der Waals surface area contributed by atoms with Crippen LogP contribution in [0.15, 0.2) is 24.3 Å². The van der Waals surface area contributed by atoms with E-state index in [-0.39, 0.29) is 18.4 Å². The Hall–Kier alpha value is -1.75. The summed E-state index contributed by atoms with van der Waals surface area (Å²) >= 11 is 5.74. The number of hydrogen-bond donors (Lipinski definition) is 2. The van der Waals surface area contributed by atoms with Crippen LogP contribution in [0.5, 0.6) is 5.75 Å². The number of benzene rings is 1. The van der Waals surface area contributed by atoms with Gasteiger partial charge in [-0.05, 0) is 37.6 Å². The zero-order valence-electron chi connectivity index (χ0n) is 11.6. The maximum Gasteiger partial charge on any atom is 0.258 e. The molecule has 5 nitrogen and oxygen atoms in total. The minimum atomic E-state index is -0.581. The summed E-state index contributed by atoms with van der Waals surface area (Å²) in [5.74, 6) is -0.00145. The van der Waals surface area contributed by atoms with E-state index in [1.54, 1.807) is 31.2 Å². The van der Waals surface area contributed by atoms with Gasteiger partial charge in [0, 0.05) is 11.6 Å². The lowest BCUT2D eigenvalue weighted by Gasteiger charge is -2.14. The molecule has 0 saturated heterocycles. The highest BCUT2D eigenvalue weighted by molar-refractivity contribution is 6.30. The molecule has 1 aromatic carbocycles. The van der Waals surface area contributed by atoms with Gasteiger partial charge in [0.15, 0.2) is 6.61 Å². The Balaban J connectivity index is 2.32. The molecule has 0 saturated carbocycles. The lowest BCUT2D eigenvalue weighted by Crippen LogP contribution is -2.46. The summed E-state index contributed by atoms with van der Waals surface area (Å²) in [6.45, 7) is 4.04. The van der Waals surface area contributed by atoms with Crippen LogP contribution in [0.3, 0.4) is 0 Å². The number of halogens is 1. The van der Waals surface area contributed by atoms with Gasteiger partial charge in [-0.2, -0.15) is 0 Å². The normalized spacial score (nSPS) is 11.6. The lowest BCUT2D eigenvalue weighted by molar-refractivity contribution is -0.129. The molecule has 20 heavy (non-hydrogen) atoms. The SMILES string of the molecule is CCCNC(=O)[C@H](C)NC(=O)COc1ccc(Cl)cc1. The Morgan fingerprint density at radius 2 is 1.95 bits per heavy atom. The van der Waals surface area contributed by atoms with Crippen molar-refractivity contribution in [1.29, 1.82) is 0 Å². The van der Waals surface area contributed by atoms with Gasteiger partial charge in [-0.3, -0.25) is 9.59 Å². The molecule has 2 N–H and O–H groups in total. The smallest absolute Gasteiger partial charge is 0.258 e. The van der Waals surface area contributed by atoms with E-state index >= 15 is 0 Å². The van der Waals surface area contributed by atoms with Crippen molar-refractivity contribution in [2.75, 3.05) is 13.2 Å². The van der Waals surface area contributed by atoms with Crippen LogP contribution in [0.1, 0.15) is 20.3 Å². The third-order valence-electron chi connectivity index (χ3n) is 2.50. The van der Waals surface area contributed by atoms with Crippen LogP contribution in [0.4, 0.5) is 0 Å². The van der Waals surface area contributed by atoms with E-state index in [2.05, 4.69) is 10.6 Å². The molecule has 0 aliphatic carbocycles. The first-order valence-electron chi connectivity index (χ1n) is 6.48. The number of carbonyl (C=O) groups is 2. The minimum Gasteiger partial charge on any atom is -0.484 e. The molecule has 0 heterocycles. The van der Waals surface area contributed by atoms with E-state index in [1.807, 2.05) is 6.92 Å². The number of carbonyl (C=O) groups excluding carboxylic acids is 2. The maximum absolute atomic E-state index is 11.6. The molecule has 0 bridgehead atoms. The van der Waals surface area contributed by atoms with Crippen molar-refractivity contribution in [2.45, 2.75) is 26.3 Å². The average molecular weight is 299 g/mol. The standard InChI is InChI=1S/C14H19ClN2O3/c1-3-8-16-14(19)10(2)17-13(18)9-20-12-6-4-11(15)5-7-12/h4-7,10H,3,8-9H2,1-2H3,(H,16,19)(H,17,18)/t10-/m0/s1. The second-order valence-corrected chi connectivity index (χ2v) is 4.76. The molecule has 0 aliphatic heterocycles. The molecule has 0 radical (unpaired) electrons. The highest BCUT2D eigenvalue weighted by Gasteiger charge is 2.14. The molecule has 0 fully saturated rings. The van der Waals surface area contributed by atoms with Crippen molar-refractivity contribution in [2.24, 2.45) is 0 Å². The molecule has 2 amide bonds. The molecule has 6 heteroatoms. The monoisotopic (exact) mass is 298 g/mol. The van der Waals surface area contributed by atoms with Gasteiger partial charge in [0.05, 0.1) is 0 Å². The summed E-state index contributed by atoms with van der Waals surface area (Å²) in [5.41, 5.74) is 0. The second-order valence-electron chi connectivity index (χ2n) is 4.32. The van der Waals surface area contributed by atoms with E-state index < -0.39 is 6.04 Å². The highest BCUT2D eigenvalue weighted by atomic mass is 35.5. The predicted molar refractivity (Wildman–Crippen MR) is 77.9 cm³/mol. The Morgan fingerprint density at radius 3 is 2.55 bits per heavy atom. The third-order valence-corrected chi connectivity index (χ3v) is 2.76. The Kier molecular flexibility index (Phi) is 6.87. The van der Waals surface area contributed by atoms with E-state index in [0.29, 0.717) is 17.3 Å². The lowest BCUT2D eigenvalue weighted by atomic mass is 10.3. The van der Waals surface area contributed by atoms with Gasteiger partial charge >= 0.3 is 0 Å². The van der Waals surface area contributed by atoms with Gasteiger partial charge < -0.3 is 15.4 Å². The Morgan fingerprint density at radius 1 is 1.30 bits per heavy atom. The van der Waals surface area contributed by atoms with Crippen molar-refractivity contribution >= 4 is 23.4 Å². The molecular formula is C14H19ClN2O3. The molecule has 0 aliphatic rings. The van der Waals surface area contributed by atoms with Crippen LogP contribution in [0, 0.1) is 0 Å². The number of rotatable bonds is 7. The Bertz CT molecular complexity index is 448. The molecule has 1 atom stereocenters. The van der Waals surface area contributed by atoms with Gasteiger partial charge in [0.2, 0.25) is 5.91 Å². The van der Waals surface area contributed by atoms with Crippen LogP contribution in [-0.4, -0.2) is 31.0 Å². The first-order valence-corrected chi connectivity index (χ1v) is 6.86. The summed E-state index contributed by atoms with van der Waals surface area (Å²) in [6, 6.07) is 6.12. The zero-order valence-corrected chi connectivity index (χ0v) is 12.4. The minimum absolute atomic E-state index is 0.146. The molecule has 0 aromatic heterocycles. The topological polar surface area (TPSA) is 67.4 Å². The first kappa shape index (κ1) is 16.3. The summed E-state index contributed by atoms with van der Waals surface area (Å²) in [7, 11) is 0. The van der Waals surface area contributed by atoms with Gasteiger partial charge in [0.1, 0.15) is 11.8 Å². The quantitative estimate of drug-likeness (QED) is 0.806. The fourth-order valence-electron chi connectivity index (χ4n) is 1.43. The fourth-order valence-corrected chi connectivity index (χ4v) is 1.56. The number of nitrogens with one attached hydrogen (secondary N) is 2. The van der Waals surface area contributed by atoms with Gasteiger partial charge in [0.25, 0.3) is 5.91 Å². The van der Waals surface area contributed by atoms with Gasteiger partial charge in [-0.15, -0.1) is 0 Å². The zero-order chi connectivity index (χ0) is 15.0. The number of hydrogen-bond acceptors (Lipinski definition) is 3. The first-order chi connectivity index (χ1) is 9.52. The molecule has 0 unspecified atom stereocenters. The molecule has 1 aromatic rings. The third kappa shape index (κ3) is 5.93. The van der Waals surface area contributed by atoms with Crippen LogP contribution < -0.4 is 15.4 Å². The molecular weight excluding hydrogens is 280 g/mol. The van der Waals surface area contributed by atoms with E-state index in [1.165, 1.54) is 0 Å². The summed E-state index contributed by atoms with van der Waals surface area (Å²) in [6.07, 6.45) is 0.853. The van der Waals surface area contributed by atoms with Crippen molar-refractivity contribution in [1.82, 2.24) is 10.6 Å². The molecule has 0 spiro atoms. The summed E-state index contributed by atoms with van der Waals surface area (Å²) in [5, 5.41) is 5.88. The van der Waals surface area contributed by atoms with Crippen molar-refractivity contribution in [3.63, 3.8) is 0 Å². The van der Waals surface area contributed by atoms with Gasteiger partial charge in [-0.25, -0.2) is 0 Å². The largest absolute Gasteiger partial charge is 0.484 e. The Labute approximate surface area is 123 Å². The number of amides is 2. The van der Waals surface area contributed by atoms with Crippen molar-refractivity contribution in [3.05, 3.63) is 29.3 Å². The van der Waals surface area contributed by atoms with E-state index in [4.69, 9.17) is 16.3 Å². The van der Waals surface area contributed by atoms with Crippen LogP contribution in [0.2, 0.25) is 5.02 Å². The van der Waals surface area contributed by atoms with Crippen LogP contribution in [-0.2, 0) is 9.59 Å². The second kappa shape index (κ2) is 8.43. The predicted octanol–water partition coefficient (Wildman–Crippen LogP) is 1.75. The fraction of sp³-hybridized carbons (Fsp3) is 0.429. The molecule has 1 rings (SSSR count). The van der Waals surface area contributed by atoms with E-state index in [9.17, 15) is 9.59 Å². The maximum atomic E-state index is 11.6.